The number of para-hydroxylation sites is 3. The first kappa shape index (κ1) is 17.7. The summed E-state index contributed by atoms with van der Waals surface area (Å²) in [5.74, 6) is 0.935. The molecule has 2 heterocycles. The van der Waals surface area contributed by atoms with Gasteiger partial charge in [0.15, 0.2) is 5.96 Å². The zero-order chi connectivity index (χ0) is 16.4. The molecule has 6 heteroatoms. The van der Waals surface area contributed by atoms with E-state index in [1.165, 1.54) is 16.8 Å². The van der Waals surface area contributed by atoms with Crippen LogP contribution >= 0.6 is 24.0 Å². The largest absolute Gasteiger partial charge is 0.354 e. The van der Waals surface area contributed by atoms with Crippen LogP contribution in [-0.2, 0) is 13.0 Å². The molecule has 0 saturated heterocycles. The molecular formula is C19H22IN5. The van der Waals surface area contributed by atoms with Gasteiger partial charge in [-0.2, -0.15) is 0 Å². The van der Waals surface area contributed by atoms with E-state index in [-0.39, 0.29) is 24.0 Å². The fourth-order valence-corrected chi connectivity index (χ4v) is 3.33. The Balaban J connectivity index is 0.00000182. The SMILES string of the molecule is CN=C(NCCn1cnc2ccccc21)N1CCc2ccccc21.I. The number of hydrogen-bond acceptors (Lipinski definition) is 2. The molecule has 25 heavy (non-hydrogen) atoms. The third-order valence-corrected chi connectivity index (χ3v) is 4.52. The van der Waals surface area contributed by atoms with Crippen molar-refractivity contribution in [3.63, 3.8) is 0 Å². The molecule has 5 nitrogen and oxygen atoms in total. The number of aliphatic imine (C=N–C) groups is 1. The Kier molecular flexibility index (Phi) is 5.57. The van der Waals surface area contributed by atoms with Gasteiger partial charge in [0.2, 0.25) is 0 Å². The number of rotatable bonds is 3. The second kappa shape index (κ2) is 7.86. The predicted molar refractivity (Wildman–Crippen MR) is 114 cm³/mol. The molecule has 0 atom stereocenters. The van der Waals surface area contributed by atoms with Crippen molar-refractivity contribution in [2.75, 3.05) is 25.0 Å². The molecule has 1 aliphatic rings. The summed E-state index contributed by atoms with van der Waals surface area (Å²) in [4.78, 5) is 11.2. The van der Waals surface area contributed by atoms with E-state index in [1.54, 1.807) is 0 Å². The van der Waals surface area contributed by atoms with Gasteiger partial charge in [-0.1, -0.05) is 30.3 Å². The zero-order valence-corrected chi connectivity index (χ0v) is 16.6. The predicted octanol–water partition coefficient (Wildman–Crippen LogP) is 3.29. The minimum atomic E-state index is 0. The maximum atomic E-state index is 4.46. The van der Waals surface area contributed by atoms with Crippen LogP contribution in [0.5, 0.6) is 0 Å². The lowest BCUT2D eigenvalue weighted by Gasteiger charge is -2.22. The van der Waals surface area contributed by atoms with E-state index < -0.39 is 0 Å². The van der Waals surface area contributed by atoms with Crippen LogP contribution in [-0.4, -0.2) is 35.6 Å². The van der Waals surface area contributed by atoms with Crippen LogP contribution in [0.25, 0.3) is 11.0 Å². The van der Waals surface area contributed by atoms with Gasteiger partial charge in [0.1, 0.15) is 0 Å². The molecule has 0 radical (unpaired) electrons. The molecule has 0 saturated carbocycles. The molecule has 0 bridgehead atoms. The van der Waals surface area contributed by atoms with E-state index in [4.69, 9.17) is 0 Å². The molecular weight excluding hydrogens is 425 g/mol. The lowest BCUT2D eigenvalue weighted by Crippen LogP contribution is -2.41. The van der Waals surface area contributed by atoms with Gasteiger partial charge in [0, 0.05) is 32.4 Å². The molecule has 0 aliphatic carbocycles. The monoisotopic (exact) mass is 447 g/mol. The lowest BCUT2D eigenvalue weighted by molar-refractivity contribution is 0.684. The minimum absolute atomic E-state index is 0. The number of aromatic nitrogens is 2. The Labute approximate surface area is 164 Å². The van der Waals surface area contributed by atoms with E-state index in [0.717, 1.165) is 37.5 Å². The van der Waals surface area contributed by atoms with Crippen molar-refractivity contribution >= 4 is 46.7 Å². The Morgan fingerprint density at radius 2 is 1.96 bits per heavy atom. The van der Waals surface area contributed by atoms with Gasteiger partial charge in [0.25, 0.3) is 0 Å². The normalized spacial score (nSPS) is 13.6. The maximum Gasteiger partial charge on any atom is 0.198 e. The first-order valence-electron chi connectivity index (χ1n) is 8.33. The van der Waals surface area contributed by atoms with E-state index in [0.29, 0.717) is 0 Å². The van der Waals surface area contributed by atoms with Crippen LogP contribution in [0.15, 0.2) is 59.9 Å². The third kappa shape index (κ3) is 3.49. The summed E-state index contributed by atoms with van der Waals surface area (Å²) in [5, 5.41) is 3.48. The molecule has 130 valence electrons. The zero-order valence-electron chi connectivity index (χ0n) is 14.2. The fourth-order valence-electron chi connectivity index (χ4n) is 3.33. The van der Waals surface area contributed by atoms with E-state index >= 15 is 0 Å². The van der Waals surface area contributed by atoms with Gasteiger partial charge < -0.3 is 14.8 Å². The number of guanidine groups is 1. The molecule has 1 aromatic heterocycles. The van der Waals surface area contributed by atoms with E-state index in [1.807, 2.05) is 31.6 Å². The Hall–Kier alpha value is -2.09. The summed E-state index contributed by atoms with van der Waals surface area (Å²) < 4.78 is 2.17. The Morgan fingerprint density at radius 1 is 1.16 bits per heavy atom. The van der Waals surface area contributed by atoms with Gasteiger partial charge >= 0.3 is 0 Å². The Bertz CT molecular complexity index is 886. The van der Waals surface area contributed by atoms with E-state index in [9.17, 15) is 0 Å². The average molecular weight is 447 g/mol. The van der Waals surface area contributed by atoms with Crippen molar-refractivity contribution in [1.29, 1.82) is 0 Å². The molecule has 0 amide bonds. The Morgan fingerprint density at radius 3 is 2.84 bits per heavy atom. The molecule has 2 aromatic carbocycles. The number of nitrogens with one attached hydrogen (secondary N) is 1. The van der Waals surface area contributed by atoms with Crippen molar-refractivity contribution in [3.05, 3.63) is 60.4 Å². The van der Waals surface area contributed by atoms with Crippen LogP contribution in [0.3, 0.4) is 0 Å². The van der Waals surface area contributed by atoms with Crippen molar-refractivity contribution in [1.82, 2.24) is 14.9 Å². The number of fused-ring (bicyclic) bond motifs is 2. The van der Waals surface area contributed by atoms with Crippen molar-refractivity contribution in [2.24, 2.45) is 4.99 Å². The standard InChI is InChI=1S/C19H21N5.HI/c1-20-19(24-12-10-15-6-2-4-8-17(15)24)21-11-13-23-14-22-16-7-3-5-9-18(16)23;/h2-9,14H,10-13H2,1H3,(H,20,21);1H. The highest BCUT2D eigenvalue weighted by molar-refractivity contribution is 14.0. The molecule has 3 aromatic rings. The minimum Gasteiger partial charge on any atom is -0.354 e. The number of benzene rings is 2. The second-order valence-electron chi connectivity index (χ2n) is 5.93. The molecule has 0 spiro atoms. The van der Waals surface area contributed by atoms with Crippen LogP contribution in [0, 0.1) is 0 Å². The van der Waals surface area contributed by atoms with Crippen LogP contribution in [0.1, 0.15) is 5.56 Å². The highest BCUT2D eigenvalue weighted by atomic mass is 127. The van der Waals surface area contributed by atoms with Crippen molar-refractivity contribution in [2.45, 2.75) is 13.0 Å². The highest BCUT2D eigenvalue weighted by Gasteiger charge is 2.22. The average Bonchev–Trinajstić information content (AvgIpc) is 3.23. The van der Waals surface area contributed by atoms with Gasteiger partial charge in [0.05, 0.1) is 17.4 Å². The second-order valence-corrected chi connectivity index (χ2v) is 5.93. The topological polar surface area (TPSA) is 45.5 Å². The van der Waals surface area contributed by atoms with Gasteiger partial charge in [-0.25, -0.2) is 4.98 Å². The van der Waals surface area contributed by atoms with Crippen molar-refractivity contribution < 1.29 is 0 Å². The first-order chi connectivity index (χ1) is 11.9. The molecule has 4 rings (SSSR count). The number of halogens is 1. The smallest absolute Gasteiger partial charge is 0.198 e. The third-order valence-electron chi connectivity index (χ3n) is 4.52. The first-order valence-corrected chi connectivity index (χ1v) is 8.33. The van der Waals surface area contributed by atoms with Gasteiger partial charge in [-0.05, 0) is 30.2 Å². The molecule has 1 N–H and O–H groups in total. The number of hydrogen-bond donors (Lipinski definition) is 1. The molecule has 0 unspecified atom stereocenters. The van der Waals surface area contributed by atoms with E-state index in [2.05, 4.69) is 55.1 Å². The number of anilines is 1. The summed E-state index contributed by atoms with van der Waals surface area (Å²) in [6.45, 7) is 2.65. The summed E-state index contributed by atoms with van der Waals surface area (Å²) in [5.41, 5.74) is 4.86. The fraction of sp³-hybridized carbons (Fsp3) is 0.263. The maximum absolute atomic E-state index is 4.46. The van der Waals surface area contributed by atoms with Crippen molar-refractivity contribution in [3.8, 4) is 0 Å². The molecule has 0 fully saturated rings. The number of imidazole rings is 1. The van der Waals surface area contributed by atoms with Gasteiger partial charge in [-0.3, -0.25) is 4.99 Å². The lowest BCUT2D eigenvalue weighted by atomic mass is 10.2. The number of nitrogens with zero attached hydrogens (tertiary/aromatic N) is 4. The summed E-state index contributed by atoms with van der Waals surface area (Å²) in [7, 11) is 1.84. The van der Waals surface area contributed by atoms with Crippen LogP contribution in [0.2, 0.25) is 0 Å². The van der Waals surface area contributed by atoms with Gasteiger partial charge in [-0.15, -0.1) is 24.0 Å². The molecule has 1 aliphatic heterocycles. The summed E-state index contributed by atoms with van der Waals surface area (Å²) >= 11 is 0. The highest BCUT2D eigenvalue weighted by Crippen LogP contribution is 2.27. The van der Waals surface area contributed by atoms with Crippen LogP contribution < -0.4 is 10.2 Å². The quantitative estimate of drug-likeness (QED) is 0.381. The van der Waals surface area contributed by atoms with Crippen LogP contribution in [0.4, 0.5) is 5.69 Å². The summed E-state index contributed by atoms with van der Waals surface area (Å²) in [6, 6.07) is 16.8. The summed E-state index contributed by atoms with van der Waals surface area (Å²) in [6.07, 6.45) is 2.98.